The maximum absolute atomic E-state index is 5.22. The van der Waals surface area contributed by atoms with Crippen LogP contribution in [0.4, 0.5) is 0 Å². The lowest BCUT2D eigenvalue weighted by Crippen LogP contribution is -1.92. The van der Waals surface area contributed by atoms with E-state index in [4.69, 9.17) is 9.97 Å². The molecule has 0 spiro atoms. The predicted octanol–water partition coefficient (Wildman–Crippen LogP) is 17.4. The average Bonchev–Trinajstić information content (AvgIpc) is 3.82. The standard InChI is InChI=1S/C40H24N2S.C24H16N2/c1-3-17-33-30(14-1)31-15-2-4-18-34(31)39-38(33)41-24-36(42-39)28-13-8-11-26(23-28)25-10-7-12-27(22-25)29-19-9-20-35-32-16-5-6-21-37(32)43-40(29)35;1-3-7-17(8-4-1)19-13-15-25-23-21(19)11-12-22-20(14-16-26-24(22)23)18-9-5-2-6-10-18/h1-24H;1-16H. The first-order chi connectivity index (χ1) is 34.2. The molecule has 0 radical (unpaired) electrons. The molecule has 0 amide bonds. The van der Waals surface area contributed by atoms with Crippen molar-refractivity contribution >= 4 is 85.9 Å². The largest absolute Gasteiger partial charge is 0.254 e. The summed E-state index contributed by atoms with van der Waals surface area (Å²) in [5, 5.41) is 9.58. The van der Waals surface area contributed by atoms with Crippen LogP contribution in [-0.4, -0.2) is 19.9 Å². The number of aromatic nitrogens is 4. The quantitative estimate of drug-likeness (QED) is 0.162. The lowest BCUT2D eigenvalue weighted by Gasteiger charge is -2.11. The van der Waals surface area contributed by atoms with E-state index in [-0.39, 0.29) is 0 Å². The van der Waals surface area contributed by atoms with Crippen LogP contribution in [0.1, 0.15) is 0 Å². The van der Waals surface area contributed by atoms with Crippen LogP contribution in [0.25, 0.3) is 130 Å². The summed E-state index contributed by atoms with van der Waals surface area (Å²) in [7, 11) is 0. The fourth-order valence-corrected chi connectivity index (χ4v) is 11.3. The van der Waals surface area contributed by atoms with Crippen molar-refractivity contribution in [3.8, 4) is 55.8 Å². The maximum Gasteiger partial charge on any atom is 0.0979 e. The molecule has 0 bridgehead atoms. The van der Waals surface area contributed by atoms with Crippen molar-refractivity contribution in [1.29, 1.82) is 0 Å². The van der Waals surface area contributed by atoms with Gasteiger partial charge in [0.05, 0.1) is 34.0 Å². The highest BCUT2D eigenvalue weighted by molar-refractivity contribution is 7.26. The molecule has 0 aliphatic carbocycles. The molecule has 0 unspecified atom stereocenters. The summed E-state index contributed by atoms with van der Waals surface area (Å²) in [5.74, 6) is 0. The van der Waals surface area contributed by atoms with E-state index in [0.29, 0.717) is 0 Å². The molecule has 4 aromatic heterocycles. The van der Waals surface area contributed by atoms with Crippen molar-refractivity contribution in [3.05, 3.63) is 243 Å². The van der Waals surface area contributed by atoms with E-state index in [1.807, 2.05) is 42.1 Å². The first-order valence-electron chi connectivity index (χ1n) is 23.2. The number of rotatable bonds is 5. The Bertz CT molecular complexity index is 4130. The molecule has 0 aliphatic rings. The third-order valence-electron chi connectivity index (χ3n) is 13.3. The minimum atomic E-state index is 0.876. The summed E-state index contributed by atoms with van der Waals surface area (Å²) in [4.78, 5) is 19.5. The molecule has 14 aromatic rings. The van der Waals surface area contributed by atoms with Crippen LogP contribution in [0.5, 0.6) is 0 Å². The zero-order valence-electron chi connectivity index (χ0n) is 37.3. The summed E-state index contributed by atoms with van der Waals surface area (Å²) in [6.07, 6.45) is 5.67. The van der Waals surface area contributed by atoms with Crippen molar-refractivity contribution < 1.29 is 0 Å². The fraction of sp³-hybridized carbons (Fsp3) is 0. The number of hydrogen-bond donors (Lipinski definition) is 0. The second kappa shape index (κ2) is 17.1. The number of pyridine rings is 2. The topological polar surface area (TPSA) is 51.6 Å². The molecule has 322 valence electrons. The Labute approximate surface area is 402 Å². The van der Waals surface area contributed by atoms with Crippen LogP contribution in [0.2, 0.25) is 0 Å². The highest BCUT2D eigenvalue weighted by Gasteiger charge is 2.15. The Balaban J connectivity index is 0.000000154. The first-order valence-corrected chi connectivity index (χ1v) is 24.0. The highest BCUT2D eigenvalue weighted by Crippen LogP contribution is 2.41. The van der Waals surface area contributed by atoms with Crippen molar-refractivity contribution in [1.82, 2.24) is 19.9 Å². The predicted molar refractivity (Wildman–Crippen MR) is 292 cm³/mol. The van der Waals surface area contributed by atoms with E-state index in [1.54, 1.807) is 0 Å². The molecule has 4 heterocycles. The van der Waals surface area contributed by atoms with Gasteiger partial charge in [-0.15, -0.1) is 11.3 Å². The minimum Gasteiger partial charge on any atom is -0.254 e. The van der Waals surface area contributed by atoms with Gasteiger partial charge in [0, 0.05) is 59.7 Å². The third-order valence-corrected chi connectivity index (χ3v) is 14.5. The molecule has 69 heavy (non-hydrogen) atoms. The lowest BCUT2D eigenvalue weighted by molar-refractivity contribution is 1.31. The number of thiophene rings is 1. The Hall–Kier alpha value is -8.90. The number of fused-ring (bicyclic) bond motifs is 12. The Morgan fingerprint density at radius 3 is 1.38 bits per heavy atom. The van der Waals surface area contributed by atoms with Gasteiger partial charge in [0.1, 0.15) is 0 Å². The van der Waals surface area contributed by atoms with E-state index in [1.165, 1.54) is 69.9 Å². The summed E-state index contributed by atoms with van der Waals surface area (Å²) in [5.41, 5.74) is 15.3. The second-order valence-corrected chi connectivity index (χ2v) is 18.3. The molecule has 0 fully saturated rings. The van der Waals surface area contributed by atoms with Gasteiger partial charge >= 0.3 is 0 Å². The van der Waals surface area contributed by atoms with E-state index in [0.717, 1.165) is 60.4 Å². The molecule has 4 nitrogen and oxygen atoms in total. The molecule has 0 saturated carbocycles. The van der Waals surface area contributed by atoms with Gasteiger partial charge in [0.25, 0.3) is 0 Å². The van der Waals surface area contributed by atoms with Gasteiger partial charge in [-0.05, 0) is 85.6 Å². The summed E-state index contributed by atoms with van der Waals surface area (Å²) in [6, 6.07) is 79.2. The summed E-state index contributed by atoms with van der Waals surface area (Å²) < 4.78 is 2.66. The Kier molecular flexibility index (Phi) is 9.99. The molecule has 14 rings (SSSR count). The van der Waals surface area contributed by atoms with Gasteiger partial charge in [-0.25, -0.2) is 4.98 Å². The van der Waals surface area contributed by atoms with Crippen LogP contribution < -0.4 is 0 Å². The number of nitrogens with zero attached hydrogens (tertiary/aromatic N) is 4. The fourth-order valence-electron chi connectivity index (χ4n) is 10.0. The van der Waals surface area contributed by atoms with Crippen LogP contribution in [-0.2, 0) is 0 Å². The smallest absolute Gasteiger partial charge is 0.0979 e. The second-order valence-electron chi connectivity index (χ2n) is 17.3. The Morgan fingerprint density at radius 1 is 0.275 bits per heavy atom. The van der Waals surface area contributed by atoms with Gasteiger partial charge in [0.15, 0.2) is 0 Å². The molecule has 0 saturated heterocycles. The van der Waals surface area contributed by atoms with Gasteiger partial charge in [0.2, 0.25) is 0 Å². The normalized spacial score (nSPS) is 11.5. The highest BCUT2D eigenvalue weighted by atomic mass is 32.1. The Morgan fingerprint density at radius 2 is 0.739 bits per heavy atom. The SMILES string of the molecule is c1cc(-c2cccc(-c3cccc4c3sc3ccccc34)c2)cc(-c2cnc3c4ccccc4c4ccccc4c3n2)c1.c1ccc(-c2ccnc3c2ccc2c(-c4ccccc4)ccnc23)cc1. The first kappa shape index (κ1) is 40.4. The van der Waals surface area contributed by atoms with E-state index < -0.39 is 0 Å². The van der Waals surface area contributed by atoms with Crippen molar-refractivity contribution in [2.24, 2.45) is 0 Å². The number of benzene rings is 10. The van der Waals surface area contributed by atoms with Gasteiger partial charge in [-0.1, -0.05) is 194 Å². The van der Waals surface area contributed by atoms with Gasteiger partial charge in [-0.2, -0.15) is 0 Å². The molecular formula is C64H40N4S. The monoisotopic (exact) mass is 896 g/mol. The van der Waals surface area contributed by atoms with Gasteiger partial charge < -0.3 is 0 Å². The molecule has 0 atom stereocenters. The van der Waals surface area contributed by atoms with Crippen LogP contribution >= 0.6 is 11.3 Å². The lowest BCUT2D eigenvalue weighted by atomic mass is 9.96. The van der Waals surface area contributed by atoms with E-state index >= 15 is 0 Å². The molecule has 5 heteroatoms. The van der Waals surface area contributed by atoms with Crippen LogP contribution in [0.15, 0.2) is 243 Å². The summed E-state index contributed by atoms with van der Waals surface area (Å²) >= 11 is 1.87. The molecule has 10 aromatic carbocycles. The number of hydrogen-bond acceptors (Lipinski definition) is 5. The van der Waals surface area contributed by atoms with Crippen LogP contribution in [0, 0.1) is 0 Å². The minimum absolute atomic E-state index is 0.876. The molecule has 0 N–H and O–H groups in total. The van der Waals surface area contributed by atoms with Crippen molar-refractivity contribution in [2.45, 2.75) is 0 Å². The van der Waals surface area contributed by atoms with Crippen molar-refractivity contribution in [2.75, 3.05) is 0 Å². The van der Waals surface area contributed by atoms with E-state index in [9.17, 15) is 0 Å². The average molecular weight is 897 g/mol. The van der Waals surface area contributed by atoms with Gasteiger partial charge in [-0.3, -0.25) is 15.0 Å². The maximum atomic E-state index is 5.22. The van der Waals surface area contributed by atoms with Crippen LogP contribution in [0.3, 0.4) is 0 Å². The van der Waals surface area contributed by atoms with Crippen molar-refractivity contribution in [3.63, 3.8) is 0 Å². The third kappa shape index (κ3) is 7.16. The molecule has 0 aliphatic heterocycles. The zero-order valence-corrected chi connectivity index (χ0v) is 38.1. The zero-order chi connectivity index (χ0) is 45.7. The van der Waals surface area contributed by atoms with E-state index in [2.05, 4.69) is 222 Å². The summed E-state index contributed by atoms with van der Waals surface area (Å²) in [6.45, 7) is 0. The molecular weight excluding hydrogens is 857 g/mol.